The van der Waals surface area contributed by atoms with Gasteiger partial charge in [0.05, 0.1) is 0 Å². The van der Waals surface area contributed by atoms with Gasteiger partial charge in [0.15, 0.2) is 0 Å². The third-order valence-electron chi connectivity index (χ3n) is 3.77. The number of rotatable bonds is 4. The standard InChI is InChI=1S/C15H22BrN/c1-11-4-5-13(6-12(11)2)9-17(3)10-14-7-15(16)8-14/h4-6,14-15H,7-10H2,1-3H3. The second-order valence-corrected chi connectivity index (χ2v) is 6.85. The van der Waals surface area contributed by atoms with Gasteiger partial charge in [0.1, 0.15) is 0 Å². The monoisotopic (exact) mass is 295 g/mol. The van der Waals surface area contributed by atoms with Crippen LogP contribution in [0.1, 0.15) is 29.5 Å². The molecule has 0 spiro atoms. The van der Waals surface area contributed by atoms with Crippen LogP contribution in [0, 0.1) is 19.8 Å². The molecule has 0 unspecified atom stereocenters. The van der Waals surface area contributed by atoms with Crippen LogP contribution in [-0.4, -0.2) is 23.3 Å². The molecule has 0 atom stereocenters. The second kappa shape index (κ2) is 5.53. The highest BCUT2D eigenvalue weighted by molar-refractivity contribution is 9.09. The first kappa shape index (κ1) is 13.1. The number of hydrogen-bond acceptors (Lipinski definition) is 1. The van der Waals surface area contributed by atoms with E-state index in [-0.39, 0.29) is 0 Å². The summed E-state index contributed by atoms with van der Waals surface area (Å²) in [4.78, 5) is 3.23. The largest absolute Gasteiger partial charge is 0.302 e. The lowest BCUT2D eigenvalue weighted by Gasteiger charge is -2.34. The molecule has 0 radical (unpaired) electrons. The zero-order valence-corrected chi connectivity index (χ0v) is 12.6. The molecule has 1 saturated carbocycles. The van der Waals surface area contributed by atoms with E-state index in [1.165, 1.54) is 36.1 Å². The summed E-state index contributed by atoms with van der Waals surface area (Å²) in [5.41, 5.74) is 4.22. The van der Waals surface area contributed by atoms with Crippen LogP contribution in [0.4, 0.5) is 0 Å². The van der Waals surface area contributed by atoms with E-state index in [1.54, 1.807) is 0 Å². The molecule has 2 rings (SSSR count). The summed E-state index contributed by atoms with van der Waals surface area (Å²) < 4.78 is 0. The third-order valence-corrected chi connectivity index (χ3v) is 4.52. The zero-order chi connectivity index (χ0) is 12.4. The Hall–Kier alpha value is -0.340. The predicted octanol–water partition coefficient (Wildman–Crippen LogP) is 3.91. The van der Waals surface area contributed by atoms with Crippen molar-refractivity contribution >= 4 is 15.9 Å². The molecule has 0 N–H and O–H groups in total. The van der Waals surface area contributed by atoms with Gasteiger partial charge >= 0.3 is 0 Å². The van der Waals surface area contributed by atoms with Crippen LogP contribution < -0.4 is 0 Å². The van der Waals surface area contributed by atoms with Crippen LogP contribution in [0.3, 0.4) is 0 Å². The van der Waals surface area contributed by atoms with Gasteiger partial charge in [-0.05, 0) is 56.3 Å². The van der Waals surface area contributed by atoms with Crippen LogP contribution in [0.5, 0.6) is 0 Å². The van der Waals surface area contributed by atoms with Crippen molar-refractivity contribution in [2.45, 2.75) is 38.1 Å². The molecule has 2 heteroatoms. The van der Waals surface area contributed by atoms with Gasteiger partial charge in [0.25, 0.3) is 0 Å². The van der Waals surface area contributed by atoms with Crippen LogP contribution in [0.15, 0.2) is 18.2 Å². The molecular formula is C15H22BrN. The van der Waals surface area contributed by atoms with Crippen molar-refractivity contribution < 1.29 is 0 Å². The van der Waals surface area contributed by atoms with Gasteiger partial charge in [-0.15, -0.1) is 0 Å². The van der Waals surface area contributed by atoms with E-state index in [0.29, 0.717) is 0 Å². The number of benzene rings is 1. The highest BCUT2D eigenvalue weighted by atomic mass is 79.9. The van der Waals surface area contributed by atoms with Crippen molar-refractivity contribution in [3.63, 3.8) is 0 Å². The molecule has 1 aliphatic carbocycles. The van der Waals surface area contributed by atoms with Crippen molar-refractivity contribution in [1.29, 1.82) is 0 Å². The molecule has 1 aromatic rings. The van der Waals surface area contributed by atoms with Gasteiger partial charge in [-0.1, -0.05) is 34.1 Å². The SMILES string of the molecule is Cc1ccc(CN(C)CC2CC(Br)C2)cc1C. The van der Waals surface area contributed by atoms with Gasteiger partial charge in [-0.3, -0.25) is 0 Å². The molecule has 0 amide bonds. The Kier molecular flexibility index (Phi) is 4.26. The maximum atomic E-state index is 3.66. The molecule has 17 heavy (non-hydrogen) atoms. The Balaban J connectivity index is 1.85. The van der Waals surface area contributed by atoms with Crippen LogP contribution in [-0.2, 0) is 6.54 Å². The second-order valence-electron chi connectivity index (χ2n) is 5.55. The molecule has 0 heterocycles. The summed E-state index contributed by atoms with van der Waals surface area (Å²) in [6.45, 7) is 6.67. The van der Waals surface area contributed by atoms with Gasteiger partial charge in [-0.2, -0.15) is 0 Å². The number of halogens is 1. The first-order valence-corrected chi connectivity index (χ1v) is 7.35. The van der Waals surface area contributed by atoms with E-state index in [9.17, 15) is 0 Å². The maximum Gasteiger partial charge on any atom is 0.0230 e. The number of aryl methyl sites for hydroxylation is 2. The normalized spacial score (nSPS) is 23.8. The Morgan fingerprint density at radius 3 is 2.53 bits per heavy atom. The van der Waals surface area contributed by atoms with Crippen molar-refractivity contribution in [1.82, 2.24) is 4.90 Å². The average Bonchev–Trinajstić information content (AvgIpc) is 2.21. The molecule has 1 aromatic carbocycles. The zero-order valence-electron chi connectivity index (χ0n) is 11.0. The third kappa shape index (κ3) is 3.56. The fourth-order valence-corrected chi connectivity index (χ4v) is 3.58. The molecule has 94 valence electrons. The fraction of sp³-hybridized carbons (Fsp3) is 0.600. The van der Waals surface area contributed by atoms with Gasteiger partial charge in [0.2, 0.25) is 0 Å². The predicted molar refractivity (Wildman–Crippen MR) is 77.7 cm³/mol. The maximum absolute atomic E-state index is 3.66. The van der Waals surface area contributed by atoms with Crippen LogP contribution >= 0.6 is 15.9 Å². The first-order chi connectivity index (χ1) is 8.04. The minimum Gasteiger partial charge on any atom is -0.302 e. The molecule has 0 saturated heterocycles. The van der Waals surface area contributed by atoms with Crippen molar-refractivity contribution in [2.75, 3.05) is 13.6 Å². The summed E-state index contributed by atoms with van der Waals surface area (Å²) in [6.07, 6.45) is 2.69. The Morgan fingerprint density at radius 1 is 1.24 bits per heavy atom. The quantitative estimate of drug-likeness (QED) is 0.761. The summed E-state index contributed by atoms with van der Waals surface area (Å²) in [5, 5.41) is 0. The summed E-state index contributed by atoms with van der Waals surface area (Å²) in [7, 11) is 2.23. The van der Waals surface area contributed by atoms with E-state index in [0.717, 1.165) is 17.3 Å². The molecule has 1 fully saturated rings. The van der Waals surface area contributed by atoms with Crippen LogP contribution in [0.2, 0.25) is 0 Å². The van der Waals surface area contributed by atoms with Crippen molar-refractivity contribution in [3.05, 3.63) is 34.9 Å². The highest BCUT2D eigenvalue weighted by Gasteiger charge is 2.27. The number of alkyl halides is 1. The minimum atomic E-state index is 0.780. The molecule has 1 aliphatic rings. The van der Waals surface area contributed by atoms with E-state index in [2.05, 4.69) is 59.9 Å². The van der Waals surface area contributed by atoms with Gasteiger partial charge in [0, 0.05) is 17.9 Å². The van der Waals surface area contributed by atoms with E-state index < -0.39 is 0 Å². The molecule has 1 nitrogen and oxygen atoms in total. The average molecular weight is 296 g/mol. The Labute approximate surface area is 113 Å². The Morgan fingerprint density at radius 2 is 1.94 bits per heavy atom. The van der Waals surface area contributed by atoms with Gasteiger partial charge in [-0.25, -0.2) is 0 Å². The molecular weight excluding hydrogens is 274 g/mol. The topological polar surface area (TPSA) is 3.24 Å². The van der Waals surface area contributed by atoms with Gasteiger partial charge < -0.3 is 4.90 Å². The lowest BCUT2D eigenvalue weighted by Crippen LogP contribution is -2.34. The summed E-state index contributed by atoms with van der Waals surface area (Å²) in [5.74, 6) is 0.899. The van der Waals surface area contributed by atoms with E-state index >= 15 is 0 Å². The van der Waals surface area contributed by atoms with Crippen molar-refractivity contribution in [3.8, 4) is 0 Å². The fourth-order valence-electron chi connectivity index (χ4n) is 2.52. The first-order valence-electron chi connectivity index (χ1n) is 6.43. The lowest BCUT2D eigenvalue weighted by atomic mass is 9.85. The number of hydrogen-bond donors (Lipinski definition) is 0. The van der Waals surface area contributed by atoms with Crippen molar-refractivity contribution in [2.24, 2.45) is 5.92 Å². The smallest absolute Gasteiger partial charge is 0.0230 e. The molecule has 0 aliphatic heterocycles. The van der Waals surface area contributed by atoms with E-state index in [1.807, 2.05) is 0 Å². The number of nitrogens with zero attached hydrogens (tertiary/aromatic N) is 1. The minimum absolute atomic E-state index is 0.780. The summed E-state index contributed by atoms with van der Waals surface area (Å²) in [6, 6.07) is 6.81. The van der Waals surface area contributed by atoms with Crippen LogP contribution in [0.25, 0.3) is 0 Å². The highest BCUT2D eigenvalue weighted by Crippen LogP contribution is 2.33. The Bertz CT molecular complexity index is 383. The lowest BCUT2D eigenvalue weighted by molar-refractivity contribution is 0.208. The molecule has 0 bridgehead atoms. The molecule has 0 aromatic heterocycles. The van der Waals surface area contributed by atoms with E-state index in [4.69, 9.17) is 0 Å². The summed E-state index contributed by atoms with van der Waals surface area (Å²) >= 11 is 3.66.